The number of hydrogen-bond acceptors (Lipinski definition) is 1. The van der Waals surface area contributed by atoms with Gasteiger partial charge in [-0.3, -0.25) is 0 Å². The lowest BCUT2D eigenvalue weighted by Crippen LogP contribution is -2.33. The van der Waals surface area contributed by atoms with Crippen LogP contribution < -0.4 is 5.32 Å². The van der Waals surface area contributed by atoms with Crippen molar-refractivity contribution in [2.75, 3.05) is 14.1 Å². The van der Waals surface area contributed by atoms with Crippen LogP contribution in [-0.2, 0) is 6.54 Å². The number of benzene rings is 2. The van der Waals surface area contributed by atoms with E-state index in [9.17, 15) is 18.0 Å². The largest absolute Gasteiger partial charge is 0.399 e. The van der Waals surface area contributed by atoms with Crippen LogP contribution in [-0.4, -0.2) is 31.2 Å². The molecule has 30 heavy (non-hydrogen) atoms. The Morgan fingerprint density at radius 3 is 2.17 bits per heavy atom. The summed E-state index contributed by atoms with van der Waals surface area (Å²) in [5, 5.41) is 2.86. The Morgan fingerprint density at radius 2 is 1.67 bits per heavy atom. The van der Waals surface area contributed by atoms with Crippen LogP contribution in [0.4, 0.5) is 18.0 Å². The molecule has 0 spiro atoms. The second kappa shape index (κ2) is 10.1. The fraction of sp³-hybridized carbons (Fsp3) is 0.250. The first-order valence-electron chi connectivity index (χ1n) is 8.53. The summed E-state index contributed by atoms with van der Waals surface area (Å²) >= 11 is 23.8. The van der Waals surface area contributed by atoms with Gasteiger partial charge < -0.3 is 10.2 Å². The predicted octanol–water partition coefficient (Wildman–Crippen LogP) is 7.43. The van der Waals surface area contributed by atoms with Crippen LogP contribution in [0.1, 0.15) is 22.6 Å². The molecule has 3 nitrogen and oxygen atoms in total. The highest BCUT2D eigenvalue weighted by molar-refractivity contribution is 6.48. The fourth-order valence-corrected chi connectivity index (χ4v) is 3.38. The maximum Gasteiger partial charge on any atom is 0.399 e. The van der Waals surface area contributed by atoms with Gasteiger partial charge >= 0.3 is 12.2 Å². The van der Waals surface area contributed by atoms with Crippen LogP contribution >= 0.6 is 46.4 Å². The third-order valence-electron chi connectivity index (χ3n) is 4.11. The Kier molecular flexibility index (Phi) is 8.34. The highest BCUT2D eigenvalue weighted by Crippen LogP contribution is 2.41. The van der Waals surface area contributed by atoms with Gasteiger partial charge in [-0.1, -0.05) is 70.7 Å². The molecule has 0 aliphatic heterocycles. The van der Waals surface area contributed by atoms with Gasteiger partial charge in [-0.05, 0) is 34.9 Å². The molecule has 10 heteroatoms. The number of halogens is 7. The topological polar surface area (TPSA) is 32.3 Å². The van der Waals surface area contributed by atoms with Gasteiger partial charge in [0, 0.05) is 25.7 Å². The average molecular weight is 500 g/mol. The molecule has 1 atom stereocenters. The zero-order valence-electron chi connectivity index (χ0n) is 15.8. The monoisotopic (exact) mass is 498 g/mol. The van der Waals surface area contributed by atoms with E-state index in [1.165, 1.54) is 17.0 Å². The van der Waals surface area contributed by atoms with Crippen molar-refractivity contribution in [3.8, 4) is 0 Å². The first-order valence-corrected chi connectivity index (χ1v) is 10.0. The van der Waals surface area contributed by atoms with Crippen molar-refractivity contribution in [2.45, 2.75) is 18.6 Å². The van der Waals surface area contributed by atoms with Crippen LogP contribution in [0, 0.1) is 0 Å². The van der Waals surface area contributed by atoms with Gasteiger partial charge in [0.1, 0.15) is 0 Å². The summed E-state index contributed by atoms with van der Waals surface area (Å²) in [6, 6.07) is 6.75. The molecule has 2 aromatic carbocycles. The zero-order valence-corrected chi connectivity index (χ0v) is 18.9. The molecule has 2 rings (SSSR count). The summed E-state index contributed by atoms with van der Waals surface area (Å²) in [4.78, 5) is 13.0. The third kappa shape index (κ3) is 6.45. The number of carbonyl (C=O) groups excluding carboxylic acids is 1. The van der Waals surface area contributed by atoms with E-state index < -0.39 is 12.1 Å². The Labute approximate surface area is 192 Å². The summed E-state index contributed by atoms with van der Waals surface area (Å²) < 4.78 is 40.8. The fourth-order valence-electron chi connectivity index (χ4n) is 2.51. The van der Waals surface area contributed by atoms with Gasteiger partial charge in [-0.15, -0.1) is 0 Å². The molecular formula is C20H17Cl4F3N2O. The van der Waals surface area contributed by atoms with Gasteiger partial charge in [0.15, 0.2) is 0 Å². The van der Waals surface area contributed by atoms with Gasteiger partial charge in [0.25, 0.3) is 0 Å². The van der Waals surface area contributed by atoms with Crippen molar-refractivity contribution in [3.63, 3.8) is 0 Å². The van der Waals surface area contributed by atoms with E-state index in [0.29, 0.717) is 16.1 Å². The molecule has 0 aromatic heterocycles. The van der Waals surface area contributed by atoms with Crippen LogP contribution in [0.5, 0.6) is 0 Å². The summed E-state index contributed by atoms with van der Waals surface area (Å²) in [6.07, 6.45) is -2.27. The molecule has 1 unspecified atom stereocenters. The lowest BCUT2D eigenvalue weighted by molar-refractivity contribution is -0.139. The highest BCUT2D eigenvalue weighted by Gasteiger charge is 2.39. The van der Waals surface area contributed by atoms with E-state index in [-0.39, 0.29) is 33.2 Å². The number of alkyl halides is 3. The second-order valence-electron chi connectivity index (χ2n) is 6.58. The smallest absolute Gasteiger partial charge is 0.334 e. The van der Waals surface area contributed by atoms with Crippen molar-refractivity contribution in [1.29, 1.82) is 0 Å². The van der Waals surface area contributed by atoms with E-state index in [4.69, 9.17) is 46.4 Å². The minimum absolute atomic E-state index is 0.00397. The van der Waals surface area contributed by atoms with Crippen LogP contribution in [0.3, 0.4) is 0 Å². The van der Waals surface area contributed by atoms with E-state index in [1.54, 1.807) is 26.2 Å². The van der Waals surface area contributed by atoms with E-state index in [2.05, 4.69) is 5.32 Å². The number of nitrogens with one attached hydrogen (secondary N) is 1. The van der Waals surface area contributed by atoms with Crippen molar-refractivity contribution < 1.29 is 18.0 Å². The number of hydrogen-bond donors (Lipinski definition) is 1. The molecule has 0 fully saturated rings. The average Bonchev–Trinajstić information content (AvgIpc) is 2.64. The van der Waals surface area contributed by atoms with E-state index >= 15 is 0 Å². The number of carbonyl (C=O) groups is 1. The van der Waals surface area contributed by atoms with Gasteiger partial charge in [-0.2, -0.15) is 13.2 Å². The number of allylic oxidation sites excluding steroid dienone is 1. The third-order valence-corrected chi connectivity index (χ3v) is 5.66. The molecule has 0 aliphatic rings. The highest BCUT2D eigenvalue weighted by atomic mass is 35.5. The molecule has 0 heterocycles. The molecular weight excluding hydrogens is 483 g/mol. The summed E-state index contributed by atoms with van der Waals surface area (Å²) in [5.74, 6) is -1.94. The summed E-state index contributed by atoms with van der Waals surface area (Å²) in [5.41, 5.74) is 0.961. The van der Waals surface area contributed by atoms with Crippen LogP contribution in [0.25, 0.3) is 6.08 Å². The minimum Gasteiger partial charge on any atom is -0.334 e. The molecule has 2 amide bonds. The number of rotatable bonds is 5. The maximum absolute atomic E-state index is 13.6. The first kappa shape index (κ1) is 24.7. The minimum atomic E-state index is -4.57. The molecule has 162 valence electrons. The summed E-state index contributed by atoms with van der Waals surface area (Å²) in [6.45, 7) is 0.187. The van der Waals surface area contributed by atoms with Gasteiger partial charge in [0.05, 0.1) is 21.0 Å². The Morgan fingerprint density at radius 1 is 1.07 bits per heavy atom. The molecule has 0 radical (unpaired) electrons. The Hall–Kier alpha value is -1.60. The standard InChI is InChI=1S/C20H17Cl4F3N2O/c1-29(2)19(30)28-10-12-5-3-11(7-15(12)21)4-6-14(20(25,26)27)13-8-16(22)18(24)17(23)9-13/h3-9,14H,10H2,1-2H3,(H,28,30)/b6-4+. The lowest BCUT2D eigenvalue weighted by Gasteiger charge is -2.18. The van der Waals surface area contributed by atoms with Crippen LogP contribution in [0.2, 0.25) is 20.1 Å². The maximum atomic E-state index is 13.6. The molecule has 2 aromatic rings. The molecule has 1 N–H and O–H groups in total. The van der Waals surface area contributed by atoms with Crippen molar-refractivity contribution >= 4 is 58.5 Å². The Bertz CT molecular complexity index is 939. The Balaban J connectivity index is 2.26. The van der Waals surface area contributed by atoms with E-state index in [0.717, 1.165) is 18.2 Å². The normalized spacial score (nSPS) is 12.8. The zero-order chi connectivity index (χ0) is 22.6. The molecule has 0 saturated heterocycles. The number of urea groups is 1. The van der Waals surface area contributed by atoms with E-state index in [1.807, 2.05) is 0 Å². The molecule has 0 bridgehead atoms. The van der Waals surface area contributed by atoms with Gasteiger partial charge in [-0.25, -0.2) is 4.79 Å². The van der Waals surface area contributed by atoms with Crippen molar-refractivity contribution in [2.24, 2.45) is 0 Å². The summed E-state index contributed by atoms with van der Waals surface area (Å²) in [7, 11) is 3.20. The number of nitrogens with zero attached hydrogens (tertiary/aromatic N) is 1. The van der Waals surface area contributed by atoms with Gasteiger partial charge in [0.2, 0.25) is 0 Å². The first-order chi connectivity index (χ1) is 13.9. The quantitative estimate of drug-likeness (QED) is 0.426. The van der Waals surface area contributed by atoms with Crippen molar-refractivity contribution in [3.05, 3.63) is 73.2 Å². The molecule has 0 saturated carbocycles. The molecule has 0 aliphatic carbocycles. The SMILES string of the molecule is CN(C)C(=O)NCc1ccc(/C=C/C(c2cc(Cl)c(Cl)c(Cl)c2)C(F)(F)F)cc1Cl. The predicted molar refractivity (Wildman–Crippen MR) is 117 cm³/mol. The lowest BCUT2D eigenvalue weighted by atomic mass is 9.97. The van der Waals surface area contributed by atoms with Crippen LogP contribution in [0.15, 0.2) is 36.4 Å². The number of amides is 2. The van der Waals surface area contributed by atoms with Crippen molar-refractivity contribution in [1.82, 2.24) is 10.2 Å². The second-order valence-corrected chi connectivity index (χ2v) is 8.18.